The van der Waals surface area contributed by atoms with Crippen molar-refractivity contribution in [2.24, 2.45) is 17.8 Å². The smallest absolute Gasteiger partial charge is 0.317 e. The van der Waals surface area contributed by atoms with E-state index in [1.807, 2.05) is 9.80 Å². The molecule has 0 spiro atoms. The fourth-order valence-corrected chi connectivity index (χ4v) is 4.72. The molecule has 3 unspecified atom stereocenters. The Morgan fingerprint density at radius 2 is 1.56 bits per heavy atom. The lowest BCUT2D eigenvalue weighted by atomic mass is 9.78. The Bertz CT molecular complexity index is 468. The van der Waals surface area contributed by atoms with E-state index in [2.05, 4.69) is 19.2 Å². The molecule has 5 heteroatoms. The standard InChI is InChI=1S/C20H35N3O2/c1-15-6-5-7-18(16(15)2)21-20(25)23-12-8-17(9-13-23)14-19(24)22-10-3-4-11-22/h15-18H,3-14H2,1-2H3,(H,21,25). The number of carbonyl (C=O) groups excluding carboxylic acids is 2. The molecule has 1 saturated carbocycles. The third-order valence-corrected chi connectivity index (χ3v) is 6.84. The van der Waals surface area contributed by atoms with Crippen LogP contribution in [0.4, 0.5) is 4.79 Å². The SMILES string of the molecule is CC1CCCC(NC(=O)N2CCC(CC(=O)N3CCCC3)CC2)C1C. The Morgan fingerprint density at radius 3 is 2.24 bits per heavy atom. The predicted molar refractivity (Wildman–Crippen MR) is 99.2 cm³/mol. The van der Waals surface area contributed by atoms with E-state index in [1.54, 1.807) is 0 Å². The minimum Gasteiger partial charge on any atom is -0.343 e. The molecule has 3 fully saturated rings. The van der Waals surface area contributed by atoms with Gasteiger partial charge in [-0.05, 0) is 49.9 Å². The number of nitrogens with zero attached hydrogens (tertiary/aromatic N) is 2. The first-order chi connectivity index (χ1) is 12.0. The maximum atomic E-state index is 12.6. The zero-order valence-electron chi connectivity index (χ0n) is 16.0. The summed E-state index contributed by atoms with van der Waals surface area (Å²) in [7, 11) is 0. The number of amides is 3. The molecule has 25 heavy (non-hydrogen) atoms. The van der Waals surface area contributed by atoms with E-state index in [4.69, 9.17) is 0 Å². The number of likely N-dealkylation sites (tertiary alicyclic amines) is 2. The minimum atomic E-state index is 0.107. The van der Waals surface area contributed by atoms with Gasteiger partial charge in [0.15, 0.2) is 0 Å². The second-order valence-corrected chi connectivity index (χ2v) is 8.55. The van der Waals surface area contributed by atoms with Crippen LogP contribution in [0.3, 0.4) is 0 Å². The van der Waals surface area contributed by atoms with Crippen LogP contribution in [0.5, 0.6) is 0 Å². The number of nitrogens with one attached hydrogen (secondary N) is 1. The predicted octanol–water partition coefficient (Wildman–Crippen LogP) is 3.25. The summed E-state index contributed by atoms with van der Waals surface area (Å²) in [5, 5.41) is 3.28. The average molecular weight is 350 g/mol. The van der Waals surface area contributed by atoms with Crippen molar-refractivity contribution >= 4 is 11.9 Å². The first-order valence-corrected chi connectivity index (χ1v) is 10.4. The van der Waals surface area contributed by atoms with Gasteiger partial charge in [-0.15, -0.1) is 0 Å². The largest absolute Gasteiger partial charge is 0.343 e. The van der Waals surface area contributed by atoms with Gasteiger partial charge in [-0.1, -0.05) is 26.7 Å². The van der Waals surface area contributed by atoms with E-state index >= 15 is 0 Å². The summed E-state index contributed by atoms with van der Waals surface area (Å²) in [6, 6.07) is 0.431. The summed E-state index contributed by atoms with van der Waals surface area (Å²) < 4.78 is 0. The van der Waals surface area contributed by atoms with Crippen LogP contribution in [0, 0.1) is 17.8 Å². The molecular formula is C20H35N3O2. The van der Waals surface area contributed by atoms with Crippen molar-refractivity contribution in [3.63, 3.8) is 0 Å². The molecule has 142 valence electrons. The Balaban J connectivity index is 1.40. The van der Waals surface area contributed by atoms with Gasteiger partial charge in [-0.2, -0.15) is 0 Å². The Labute approximate surface area is 152 Å². The van der Waals surface area contributed by atoms with Gasteiger partial charge in [0.05, 0.1) is 0 Å². The van der Waals surface area contributed by atoms with Crippen LogP contribution in [0.2, 0.25) is 0 Å². The summed E-state index contributed by atoms with van der Waals surface area (Å²) in [6.45, 7) is 8.04. The highest BCUT2D eigenvalue weighted by molar-refractivity contribution is 5.77. The molecule has 0 bridgehead atoms. The highest BCUT2D eigenvalue weighted by Gasteiger charge is 2.31. The zero-order chi connectivity index (χ0) is 17.8. The zero-order valence-corrected chi connectivity index (χ0v) is 16.0. The van der Waals surface area contributed by atoms with Crippen molar-refractivity contribution in [3.8, 4) is 0 Å². The van der Waals surface area contributed by atoms with Gasteiger partial charge in [0.2, 0.25) is 5.91 Å². The molecule has 0 aromatic heterocycles. The third kappa shape index (κ3) is 4.68. The summed E-state index contributed by atoms with van der Waals surface area (Å²) in [5.41, 5.74) is 0. The van der Waals surface area contributed by atoms with Crippen molar-refractivity contribution in [2.45, 2.75) is 71.3 Å². The van der Waals surface area contributed by atoms with Crippen molar-refractivity contribution in [1.29, 1.82) is 0 Å². The molecule has 0 aromatic rings. The quantitative estimate of drug-likeness (QED) is 0.850. The van der Waals surface area contributed by atoms with Gasteiger partial charge in [-0.3, -0.25) is 4.79 Å². The monoisotopic (exact) mass is 349 g/mol. The van der Waals surface area contributed by atoms with Crippen molar-refractivity contribution in [3.05, 3.63) is 0 Å². The van der Waals surface area contributed by atoms with E-state index in [1.165, 1.54) is 12.8 Å². The number of urea groups is 1. The maximum absolute atomic E-state index is 12.6. The normalized spacial score (nSPS) is 31.2. The molecule has 0 radical (unpaired) electrons. The van der Waals surface area contributed by atoms with Gasteiger partial charge in [0.25, 0.3) is 0 Å². The average Bonchev–Trinajstić information content (AvgIpc) is 3.14. The summed E-state index contributed by atoms with van der Waals surface area (Å²) in [4.78, 5) is 28.9. The van der Waals surface area contributed by atoms with Crippen molar-refractivity contribution in [2.75, 3.05) is 26.2 Å². The Hall–Kier alpha value is -1.26. The third-order valence-electron chi connectivity index (χ3n) is 6.84. The number of hydrogen-bond acceptors (Lipinski definition) is 2. The molecule has 2 saturated heterocycles. The molecule has 1 aliphatic carbocycles. The molecule has 3 aliphatic rings. The highest BCUT2D eigenvalue weighted by Crippen LogP contribution is 2.30. The number of carbonyl (C=O) groups is 2. The van der Waals surface area contributed by atoms with Gasteiger partial charge in [-0.25, -0.2) is 4.79 Å². The van der Waals surface area contributed by atoms with Crippen LogP contribution < -0.4 is 5.32 Å². The molecule has 5 nitrogen and oxygen atoms in total. The van der Waals surface area contributed by atoms with Crippen LogP contribution in [-0.4, -0.2) is 54.0 Å². The van der Waals surface area contributed by atoms with Crippen molar-refractivity contribution < 1.29 is 9.59 Å². The lowest BCUT2D eigenvalue weighted by Gasteiger charge is -2.38. The lowest BCUT2D eigenvalue weighted by molar-refractivity contribution is -0.131. The van der Waals surface area contributed by atoms with Crippen LogP contribution in [0.25, 0.3) is 0 Å². The molecule has 2 heterocycles. The molecule has 3 rings (SSSR count). The summed E-state index contributed by atoms with van der Waals surface area (Å²) >= 11 is 0. The molecule has 1 N–H and O–H groups in total. The molecule has 3 atom stereocenters. The second-order valence-electron chi connectivity index (χ2n) is 8.55. The Morgan fingerprint density at radius 1 is 0.880 bits per heavy atom. The van der Waals surface area contributed by atoms with Crippen LogP contribution in [-0.2, 0) is 4.79 Å². The van der Waals surface area contributed by atoms with Crippen LogP contribution in [0.15, 0.2) is 0 Å². The first-order valence-electron chi connectivity index (χ1n) is 10.4. The molecule has 0 aromatic carbocycles. The topological polar surface area (TPSA) is 52.7 Å². The van der Waals surface area contributed by atoms with E-state index in [-0.39, 0.29) is 6.03 Å². The lowest BCUT2D eigenvalue weighted by Crippen LogP contribution is -2.51. The molecule has 2 aliphatic heterocycles. The van der Waals surface area contributed by atoms with E-state index in [0.29, 0.717) is 36.1 Å². The van der Waals surface area contributed by atoms with E-state index < -0.39 is 0 Å². The summed E-state index contributed by atoms with van der Waals surface area (Å²) in [6.07, 6.45) is 8.52. The first kappa shape index (κ1) is 18.5. The second kappa shape index (κ2) is 8.41. The van der Waals surface area contributed by atoms with E-state index in [0.717, 1.165) is 58.3 Å². The van der Waals surface area contributed by atoms with Crippen LogP contribution in [0.1, 0.15) is 65.2 Å². The number of hydrogen-bond donors (Lipinski definition) is 1. The van der Waals surface area contributed by atoms with Gasteiger partial charge < -0.3 is 15.1 Å². The number of rotatable bonds is 3. The fourth-order valence-electron chi connectivity index (χ4n) is 4.72. The maximum Gasteiger partial charge on any atom is 0.317 e. The molecular weight excluding hydrogens is 314 g/mol. The fraction of sp³-hybridized carbons (Fsp3) is 0.900. The molecule has 3 amide bonds. The highest BCUT2D eigenvalue weighted by atomic mass is 16.2. The number of piperidine rings is 1. The minimum absolute atomic E-state index is 0.107. The van der Waals surface area contributed by atoms with Crippen LogP contribution >= 0.6 is 0 Å². The van der Waals surface area contributed by atoms with Gasteiger partial charge >= 0.3 is 6.03 Å². The van der Waals surface area contributed by atoms with Gasteiger partial charge in [0.1, 0.15) is 0 Å². The van der Waals surface area contributed by atoms with E-state index in [9.17, 15) is 9.59 Å². The Kier molecular flexibility index (Phi) is 6.24. The summed E-state index contributed by atoms with van der Waals surface area (Å²) in [5.74, 6) is 2.03. The van der Waals surface area contributed by atoms with Gasteiger partial charge in [0, 0.05) is 38.6 Å². The van der Waals surface area contributed by atoms with Crippen molar-refractivity contribution in [1.82, 2.24) is 15.1 Å².